The second kappa shape index (κ2) is 9.03. The summed E-state index contributed by atoms with van der Waals surface area (Å²) in [6.45, 7) is 2.20. The van der Waals surface area contributed by atoms with E-state index in [1.54, 1.807) is 31.4 Å². The molecule has 0 radical (unpaired) electrons. The van der Waals surface area contributed by atoms with Gasteiger partial charge < -0.3 is 9.64 Å². The summed E-state index contributed by atoms with van der Waals surface area (Å²) in [5, 5.41) is 10.8. The quantitative estimate of drug-likeness (QED) is 0.408. The van der Waals surface area contributed by atoms with Crippen molar-refractivity contribution in [2.75, 3.05) is 26.7 Å². The van der Waals surface area contributed by atoms with Crippen molar-refractivity contribution >= 4 is 11.5 Å². The molecule has 0 spiro atoms. The van der Waals surface area contributed by atoms with Crippen LogP contribution in [0.2, 0.25) is 0 Å². The van der Waals surface area contributed by atoms with Gasteiger partial charge in [-0.25, -0.2) is 4.39 Å². The Hall–Kier alpha value is -2.64. The average molecular weight is 386 g/mol. The largest absolute Gasteiger partial charge is 0.375 e. The van der Waals surface area contributed by atoms with Gasteiger partial charge >= 0.3 is 0 Å². The van der Waals surface area contributed by atoms with Gasteiger partial charge in [-0.15, -0.1) is 0 Å². The highest BCUT2D eigenvalue weighted by Crippen LogP contribution is 2.26. The molecule has 1 atom stereocenters. The van der Waals surface area contributed by atoms with Crippen molar-refractivity contribution in [2.24, 2.45) is 5.92 Å². The van der Waals surface area contributed by atoms with E-state index in [0.29, 0.717) is 12.1 Å². The lowest BCUT2D eigenvalue weighted by molar-refractivity contribution is -0.384. The first kappa shape index (κ1) is 20.1. The number of ether oxygens (including phenoxy) is 1. The summed E-state index contributed by atoms with van der Waals surface area (Å²) in [6.07, 6.45) is 1.30. The van der Waals surface area contributed by atoms with Crippen molar-refractivity contribution in [3.63, 3.8) is 0 Å². The maximum atomic E-state index is 13.0. The molecule has 148 valence electrons. The molecule has 3 rings (SSSR count). The summed E-state index contributed by atoms with van der Waals surface area (Å²) in [7, 11) is 1.62. The molecule has 0 N–H and O–H groups in total. The Balaban J connectivity index is 1.55. The van der Waals surface area contributed by atoms with E-state index in [4.69, 9.17) is 4.74 Å². The number of carbonyl (C=O) groups is 1. The number of hydrogen-bond donors (Lipinski definition) is 0. The Morgan fingerprint density at radius 3 is 2.32 bits per heavy atom. The number of nitro groups is 1. The molecule has 0 aliphatic carbocycles. The zero-order valence-corrected chi connectivity index (χ0v) is 15.7. The highest BCUT2D eigenvalue weighted by Gasteiger charge is 2.27. The number of nitrogens with zero attached hydrogens (tertiary/aromatic N) is 2. The van der Waals surface area contributed by atoms with Crippen molar-refractivity contribution in [3.8, 4) is 0 Å². The number of halogens is 1. The monoisotopic (exact) mass is 386 g/mol. The molecular weight excluding hydrogens is 363 g/mol. The predicted octanol–water partition coefficient (Wildman–Crippen LogP) is 4.02. The maximum absolute atomic E-state index is 13.0. The number of Topliss-reactive ketones (excluding diaryl/α,β-unsaturated/α-hetero) is 1. The molecule has 0 aromatic heterocycles. The van der Waals surface area contributed by atoms with Gasteiger partial charge in [0, 0.05) is 37.3 Å². The number of likely N-dealkylation sites (tertiary alicyclic amines) is 1. The summed E-state index contributed by atoms with van der Waals surface area (Å²) in [4.78, 5) is 25.2. The third-order valence-electron chi connectivity index (χ3n) is 5.27. The summed E-state index contributed by atoms with van der Waals surface area (Å²) in [6, 6.07) is 12.1. The number of piperidine rings is 1. The molecule has 0 bridgehead atoms. The minimum absolute atomic E-state index is 0.0536. The number of benzene rings is 2. The number of rotatable bonds is 7. The molecule has 1 aliphatic rings. The highest BCUT2D eigenvalue weighted by atomic mass is 19.1. The van der Waals surface area contributed by atoms with Gasteiger partial charge in [-0.1, -0.05) is 0 Å². The first-order valence-corrected chi connectivity index (χ1v) is 9.27. The van der Waals surface area contributed by atoms with Gasteiger partial charge in [0.05, 0.1) is 11.0 Å². The van der Waals surface area contributed by atoms with E-state index >= 15 is 0 Å². The molecule has 1 saturated heterocycles. The molecule has 1 aliphatic heterocycles. The van der Waals surface area contributed by atoms with Crippen LogP contribution in [0.4, 0.5) is 10.1 Å². The molecule has 7 heteroatoms. The van der Waals surface area contributed by atoms with Crippen molar-refractivity contribution < 1.29 is 18.8 Å². The van der Waals surface area contributed by atoms with Crippen LogP contribution in [-0.4, -0.2) is 42.4 Å². The van der Waals surface area contributed by atoms with Crippen LogP contribution in [0.1, 0.15) is 34.9 Å². The number of methoxy groups -OCH3 is 1. The Morgan fingerprint density at radius 2 is 1.79 bits per heavy atom. The predicted molar refractivity (Wildman–Crippen MR) is 103 cm³/mol. The van der Waals surface area contributed by atoms with Crippen LogP contribution < -0.4 is 0 Å². The summed E-state index contributed by atoms with van der Waals surface area (Å²) >= 11 is 0. The molecule has 6 nitrogen and oxygen atoms in total. The van der Waals surface area contributed by atoms with Crippen molar-refractivity contribution in [2.45, 2.75) is 18.9 Å². The molecule has 0 unspecified atom stereocenters. The van der Waals surface area contributed by atoms with Gasteiger partial charge in [0.25, 0.3) is 5.69 Å². The van der Waals surface area contributed by atoms with E-state index < -0.39 is 4.92 Å². The van der Waals surface area contributed by atoms with Crippen LogP contribution in [0.25, 0.3) is 0 Å². The van der Waals surface area contributed by atoms with Crippen LogP contribution in [0.15, 0.2) is 48.5 Å². The molecule has 1 heterocycles. The lowest BCUT2D eigenvalue weighted by atomic mass is 9.88. The third-order valence-corrected chi connectivity index (χ3v) is 5.27. The minimum Gasteiger partial charge on any atom is -0.375 e. The number of carbonyl (C=O) groups excluding carboxylic acids is 1. The van der Waals surface area contributed by atoms with Crippen molar-refractivity contribution in [3.05, 3.63) is 75.6 Å². The number of ketones is 1. The van der Waals surface area contributed by atoms with Gasteiger partial charge in [-0.05, 0) is 67.9 Å². The number of non-ortho nitro benzene ring substituents is 1. The molecule has 28 heavy (non-hydrogen) atoms. The van der Waals surface area contributed by atoms with Crippen molar-refractivity contribution in [1.82, 2.24) is 4.90 Å². The number of hydrogen-bond acceptors (Lipinski definition) is 5. The molecule has 2 aromatic carbocycles. The number of nitro benzene ring substituents is 1. The second-order valence-corrected chi connectivity index (χ2v) is 7.02. The van der Waals surface area contributed by atoms with Crippen LogP contribution in [0.5, 0.6) is 0 Å². The van der Waals surface area contributed by atoms with Gasteiger partial charge in [0.15, 0.2) is 5.78 Å². The molecule has 2 aromatic rings. The third kappa shape index (κ3) is 4.79. The zero-order valence-electron chi connectivity index (χ0n) is 15.7. The average Bonchev–Trinajstić information content (AvgIpc) is 2.72. The zero-order chi connectivity index (χ0) is 20.1. The first-order chi connectivity index (χ1) is 13.5. The molecule has 1 fully saturated rings. The molecule has 0 saturated carbocycles. The highest BCUT2D eigenvalue weighted by molar-refractivity contribution is 5.97. The minimum atomic E-state index is -0.422. The van der Waals surface area contributed by atoms with Gasteiger partial charge in [-0.2, -0.15) is 0 Å². The SMILES string of the molecule is CO[C@@H](CN1CCC(C(=O)c2ccc(F)cc2)CC1)c1ccc([N+](=O)[O-])cc1. The fourth-order valence-corrected chi connectivity index (χ4v) is 3.59. The van der Waals surface area contributed by atoms with Gasteiger partial charge in [-0.3, -0.25) is 14.9 Å². The van der Waals surface area contributed by atoms with E-state index in [0.717, 1.165) is 31.5 Å². The van der Waals surface area contributed by atoms with Gasteiger partial charge in [0.1, 0.15) is 5.82 Å². The van der Waals surface area contributed by atoms with Crippen LogP contribution in [0.3, 0.4) is 0 Å². The molecular formula is C21H23FN2O4. The van der Waals surface area contributed by atoms with Crippen LogP contribution in [0, 0.1) is 21.8 Å². The molecule has 0 amide bonds. The van der Waals surface area contributed by atoms with Crippen molar-refractivity contribution in [1.29, 1.82) is 0 Å². The standard InChI is InChI=1S/C21H23FN2O4/c1-28-20(15-4-8-19(9-5-15)24(26)27)14-23-12-10-17(11-13-23)21(25)16-2-6-18(22)7-3-16/h2-9,17,20H,10-14H2,1H3/t20-/m0/s1. The van der Waals surface area contributed by atoms with E-state index in [2.05, 4.69) is 4.90 Å². The Kier molecular flexibility index (Phi) is 6.49. The Morgan fingerprint density at radius 1 is 1.18 bits per heavy atom. The topological polar surface area (TPSA) is 72.7 Å². The normalized spacial score (nSPS) is 16.6. The Bertz CT molecular complexity index is 815. The van der Waals surface area contributed by atoms with E-state index in [1.807, 2.05) is 0 Å². The smallest absolute Gasteiger partial charge is 0.269 e. The summed E-state index contributed by atoms with van der Waals surface area (Å²) in [5.74, 6) is -0.330. The fraction of sp³-hybridized carbons (Fsp3) is 0.381. The lowest BCUT2D eigenvalue weighted by Gasteiger charge is -2.33. The summed E-state index contributed by atoms with van der Waals surface area (Å²) < 4.78 is 18.6. The maximum Gasteiger partial charge on any atom is 0.269 e. The van der Waals surface area contributed by atoms with Gasteiger partial charge in [0.2, 0.25) is 0 Å². The van der Waals surface area contributed by atoms with Crippen LogP contribution >= 0.6 is 0 Å². The van der Waals surface area contributed by atoms with Crippen LogP contribution in [-0.2, 0) is 4.74 Å². The lowest BCUT2D eigenvalue weighted by Crippen LogP contribution is -2.39. The Labute approximate surface area is 163 Å². The summed E-state index contributed by atoms with van der Waals surface area (Å²) in [5.41, 5.74) is 1.50. The van der Waals surface area contributed by atoms with E-state index in [-0.39, 0.29) is 29.3 Å². The van der Waals surface area contributed by atoms with E-state index in [1.165, 1.54) is 24.3 Å². The fourth-order valence-electron chi connectivity index (χ4n) is 3.59. The first-order valence-electron chi connectivity index (χ1n) is 9.27. The van der Waals surface area contributed by atoms with E-state index in [9.17, 15) is 19.3 Å². The second-order valence-electron chi connectivity index (χ2n) is 7.02.